The lowest BCUT2D eigenvalue weighted by Crippen LogP contribution is -2.44. The zero-order valence-electron chi connectivity index (χ0n) is 22.7. The zero-order valence-corrected chi connectivity index (χ0v) is 22.7. The van der Waals surface area contributed by atoms with Gasteiger partial charge >= 0.3 is 12.1 Å². The number of ether oxygens (including phenoxy) is 1. The summed E-state index contributed by atoms with van der Waals surface area (Å²) < 4.78 is 4.98. The monoisotopic (exact) mass is 560 g/mol. The average Bonchev–Trinajstić information content (AvgIpc) is 3.22. The summed E-state index contributed by atoms with van der Waals surface area (Å²) in [5.74, 6) is 1.13. The van der Waals surface area contributed by atoms with Gasteiger partial charge in [0.1, 0.15) is 11.6 Å². The minimum absolute atomic E-state index is 0.0482. The van der Waals surface area contributed by atoms with E-state index >= 15 is 0 Å². The smallest absolute Gasteiger partial charge is 0.414 e. The van der Waals surface area contributed by atoms with Crippen LogP contribution in [0.4, 0.5) is 22.5 Å². The maximum atomic E-state index is 12.2. The molecule has 14 heteroatoms. The number of anilines is 3. The first-order valence-corrected chi connectivity index (χ1v) is 13.6. The van der Waals surface area contributed by atoms with E-state index in [-0.39, 0.29) is 30.1 Å². The number of carboxylic acid groups (broad SMARTS) is 1. The largest absolute Gasteiger partial charge is 0.467 e. The van der Waals surface area contributed by atoms with Gasteiger partial charge in [0.25, 0.3) is 0 Å². The van der Waals surface area contributed by atoms with Crippen molar-refractivity contribution in [2.75, 3.05) is 35.3 Å². The van der Waals surface area contributed by atoms with E-state index in [4.69, 9.17) is 4.74 Å². The topological polar surface area (TPSA) is 186 Å². The standard InChI is InChI=1S/C27H32N10O4/c1-41-26-32-15-19(16-33-26)18-13-30-25(31-14-18)37(27(39)40)21-6-4-20(5-7-21)34-24-29-12-17(11-28)23(35-24)36-9-2-3-22(38)8-10-36/h12-16,20-22,38H,2-10H2,1H3,(H,39,40)(H,29,34,35)/t20-,21-,22?. The first kappa shape index (κ1) is 27.9. The second-order valence-electron chi connectivity index (χ2n) is 10.1. The molecule has 1 atom stereocenters. The molecule has 41 heavy (non-hydrogen) atoms. The Balaban J connectivity index is 1.22. The van der Waals surface area contributed by atoms with Crippen molar-refractivity contribution >= 4 is 23.8 Å². The summed E-state index contributed by atoms with van der Waals surface area (Å²) in [6.07, 6.45) is 11.2. The number of amides is 1. The molecule has 1 unspecified atom stereocenters. The van der Waals surface area contributed by atoms with Crippen molar-refractivity contribution in [1.29, 1.82) is 5.26 Å². The van der Waals surface area contributed by atoms with Gasteiger partial charge in [0.15, 0.2) is 5.82 Å². The fourth-order valence-electron chi connectivity index (χ4n) is 5.28. The quantitative estimate of drug-likeness (QED) is 0.383. The van der Waals surface area contributed by atoms with Gasteiger partial charge in [0, 0.05) is 61.1 Å². The molecule has 0 aromatic carbocycles. The SMILES string of the molecule is COc1ncc(-c2cnc(N(C(=O)O)[C@H]3CC[C@H](Nc4ncc(C#N)c(N5CCCC(O)CC5)n4)CC3)nc2)cn1. The summed E-state index contributed by atoms with van der Waals surface area (Å²) in [5.41, 5.74) is 1.75. The summed E-state index contributed by atoms with van der Waals surface area (Å²) in [7, 11) is 1.48. The summed E-state index contributed by atoms with van der Waals surface area (Å²) in [6.45, 7) is 1.34. The zero-order chi connectivity index (χ0) is 28.8. The van der Waals surface area contributed by atoms with Crippen LogP contribution >= 0.6 is 0 Å². The Morgan fingerprint density at radius 1 is 1.00 bits per heavy atom. The fourth-order valence-corrected chi connectivity index (χ4v) is 5.28. The lowest BCUT2D eigenvalue weighted by molar-refractivity contribution is 0.161. The van der Waals surface area contributed by atoms with Crippen molar-refractivity contribution in [1.82, 2.24) is 29.9 Å². The van der Waals surface area contributed by atoms with Gasteiger partial charge < -0.3 is 25.2 Å². The van der Waals surface area contributed by atoms with Gasteiger partial charge in [-0.05, 0) is 44.9 Å². The van der Waals surface area contributed by atoms with Gasteiger partial charge in [-0.15, -0.1) is 0 Å². The molecule has 1 amide bonds. The molecule has 5 rings (SSSR count). The maximum Gasteiger partial charge on any atom is 0.414 e. The number of aliphatic hydroxyl groups is 1. The number of methoxy groups -OCH3 is 1. The van der Waals surface area contributed by atoms with Crippen LogP contribution in [0.5, 0.6) is 6.01 Å². The van der Waals surface area contributed by atoms with Gasteiger partial charge in [-0.2, -0.15) is 10.2 Å². The third kappa shape index (κ3) is 6.58. The van der Waals surface area contributed by atoms with Crippen molar-refractivity contribution in [2.24, 2.45) is 0 Å². The molecule has 0 spiro atoms. The molecule has 3 N–H and O–H groups in total. The minimum atomic E-state index is -1.11. The maximum absolute atomic E-state index is 12.2. The highest BCUT2D eigenvalue weighted by Crippen LogP contribution is 2.29. The molecule has 0 bridgehead atoms. The Morgan fingerprint density at radius 2 is 1.68 bits per heavy atom. The van der Waals surface area contributed by atoms with Crippen LogP contribution in [-0.4, -0.2) is 84.6 Å². The molecule has 3 aromatic heterocycles. The summed E-state index contributed by atoms with van der Waals surface area (Å²) in [6, 6.07) is 2.20. The molecule has 0 radical (unpaired) electrons. The lowest BCUT2D eigenvalue weighted by Gasteiger charge is -2.34. The molecular formula is C27H32N10O4. The van der Waals surface area contributed by atoms with Crippen LogP contribution in [-0.2, 0) is 0 Å². The molecule has 214 valence electrons. The van der Waals surface area contributed by atoms with E-state index in [1.165, 1.54) is 18.2 Å². The Bertz CT molecular complexity index is 1370. The van der Waals surface area contributed by atoms with Gasteiger partial charge in [-0.3, -0.25) is 0 Å². The number of rotatable bonds is 7. The van der Waals surface area contributed by atoms with Crippen LogP contribution in [0.25, 0.3) is 11.1 Å². The van der Waals surface area contributed by atoms with Crippen molar-refractivity contribution in [2.45, 2.75) is 63.1 Å². The van der Waals surface area contributed by atoms with E-state index in [0.717, 1.165) is 19.4 Å². The van der Waals surface area contributed by atoms with Crippen LogP contribution in [0.3, 0.4) is 0 Å². The summed E-state index contributed by atoms with van der Waals surface area (Å²) in [5, 5.41) is 33.0. The Morgan fingerprint density at radius 3 is 2.32 bits per heavy atom. The molecule has 2 aliphatic rings. The number of hydrogen-bond donors (Lipinski definition) is 3. The van der Waals surface area contributed by atoms with Gasteiger partial charge in [0.2, 0.25) is 11.9 Å². The third-order valence-corrected chi connectivity index (χ3v) is 7.49. The average molecular weight is 561 g/mol. The number of nitrogens with zero attached hydrogens (tertiary/aromatic N) is 9. The third-order valence-electron chi connectivity index (χ3n) is 7.49. The second kappa shape index (κ2) is 12.7. The molecule has 4 heterocycles. The minimum Gasteiger partial charge on any atom is -0.467 e. The summed E-state index contributed by atoms with van der Waals surface area (Å²) in [4.78, 5) is 41.3. The van der Waals surface area contributed by atoms with E-state index in [1.807, 2.05) is 4.90 Å². The van der Waals surface area contributed by atoms with Crippen molar-refractivity contribution in [3.05, 3.63) is 36.5 Å². The number of nitriles is 1. The normalized spacial score (nSPS) is 20.9. The van der Waals surface area contributed by atoms with Gasteiger partial charge in [-0.25, -0.2) is 34.6 Å². The Labute approximate surface area is 237 Å². The van der Waals surface area contributed by atoms with Crippen molar-refractivity contribution in [3.63, 3.8) is 0 Å². The Kier molecular flexibility index (Phi) is 8.64. The first-order valence-electron chi connectivity index (χ1n) is 13.6. The predicted octanol–water partition coefficient (Wildman–Crippen LogP) is 2.86. The second-order valence-corrected chi connectivity index (χ2v) is 10.1. The molecular weight excluding hydrogens is 528 g/mol. The molecule has 1 aliphatic heterocycles. The molecule has 1 saturated carbocycles. The van der Waals surface area contributed by atoms with Crippen molar-refractivity contribution in [3.8, 4) is 23.2 Å². The molecule has 1 aliphatic carbocycles. The van der Waals surface area contributed by atoms with Crippen LogP contribution in [0, 0.1) is 11.3 Å². The van der Waals surface area contributed by atoms with Crippen LogP contribution in [0.2, 0.25) is 0 Å². The highest BCUT2D eigenvalue weighted by atomic mass is 16.5. The van der Waals surface area contributed by atoms with E-state index in [1.54, 1.807) is 24.8 Å². The van der Waals surface area contributed by atoms with Gasteiger partial charge in [-0.1, -0.05) is 0 Å². The van der Waals surface area contributed by atoms with E-state index in [0.29, 0.717) is 67.1 Å². The number of carbonyl (C=O) groups is 1. The Hall–Kier alpha value is -4.64. The highest BCUT2D eigenvalue weighted by molar-refractivity contribution is 5.84. The predicted molar refractivity (Wildman–Crippen MR) is 149 cm³/mol. The number of nitrogens with one attached hydrogen (secondary N) is 1. The molecule has 1 saturated heterocycles. The van der Waals surface area contributed by atoms with E-state index in [2.05, 4.69) is 41.3 Å². The molecule has 3 aromatic rings. The number of aromatic nitrogens is 6. The van der Waals surface area contributed by atoms with Crippen LogP contribution in [0.15, 0.2) is 31.0 Å². The fraction of sp³-hybridized carbons (Fsp3) is 0.481. The number of aliphatic hydroxyl groups excluding tert-OH is 1. The highest BCUT2D eigenvalue weighted by Gasteiger charge is 2.32. The van der Waals surface area contributed by atoms with Gasteiger partial charge in [0.05, 0.1) is 19.4 Å². The lowest BCUT2D eigenvalue weighted by atomic mass is 9.90. The van der Waals surface area contributed by atoms with Crippen LogP contribution < -0.4 is 19.9 Å². The van der Waals surface area contributed by atoms with E-state index < -0.39 is 6.09 Å². The van der Waals surface area contributed by atoms with Crippen LogP contribution in [0.1, 0.15) is 50.5 Å². The molecule has 14 nitrogen and oxygen atoms in total. The first-order chi connectivity index (χ1) is 19.9. The van der Waals surface area contributed by atoms with Crippen molar-refractivity contribution < 1.29 is 19.7 Å². The van der Waals surface area contributed by atoms with E-state index in [9.17, 15) is 20.3 Å². The summed E-state index contributed by atoms with van der Waals surface area (Å²) >= 11 is 0. The molecule has 2 fully saturated rings. The number of hydrogen-bond acceptors (Lipinski definition) is 12.